The lowest BCUT2D eigenvalue weighted by molar-refractivity contribution is -0.162. The predicted molar refractivity (Wildman–Crippen MR) is 573 cm³/mol. The number of halogens is 10. The summed E-state index contributed by atoms with van der Waals surface area (Å²) < 4.78 is 29.5. The summed E-state index contributed by atoms with van der Waals surface area (Å²) in [6.45, 7) is 36.8. The molecular formula is C112H113Cl10N5O13. The maximum atomic E-state index is 12.6. The van der Waals surface area contributed by atoms with E-state index in [0.29, 0.717) is 78.0 Å². The topological polar surface area (TPSA) is 263 Å². The van der Waals surface area contributed by atoms with Crippen molar-refractivity contribution >= 4 is 188 Å². The standard InChI is InChI=1S/C27H31Cl2NO3.C23H23Cl2NO3.C22H21Cl2NO3.C22H23Cl2NO2.C18H15Cl2NO2/c1-16-8-13-19-21(30-16)14-20(29)24(23(19)17-9-11-18(28)12-10-17)22(33-27(5,6)7)15-32-25(31)26(2,3)4;1-13-5-10-16-18(26-13)11-17(25)21(19(27)12-29-22(28)23(2,3)4)20(16)14-6-8-15(24)9-7-14;1-12-5-10-15-17(25-12)11-16(24)19(20(21(26)27)28-22(2,3)4)18(15)13-6-8-14(23)9-7-13;1-13-5-10-16-18(25-13)11-17(24)21(19(12-26)27-22(2,3)4)20(16)14-6-8-15(23)9-7-14;1-10-2-7-13-15(21-10)8-14(20)18(16(23)9-22)17(13)11-3-5-12(19)6-4-11/h8-14,22H,15H2,1-7H3;5-11,19,27H,12H2,1-4H3;5-11,20H,1-4H3,(H,26,27);5-11,19,26H,12H2,1-4H3;2-8,16,22-23H,9H2,1H3/t22-;19-;20-;19-;16-/m11011/s1. The number of carbonyl (C=O) groups excluding carboxylic acids is 2. The summed E-state index contributed by atoms with van der Waals surface area (Å²) in [5.74, 6) is -1.79. The van der Waals surface area contributed by atoms with Crippen LogP contribution in [0.25, 0.3) is 110 Å². The zero-order valence-electron chi connectivity index (χ0n) is 81.4. The highest BCUT2D eigenvalue weighted by molar-refractivity contribution is 6.36. The van der Waals surface area contributed by atoms with E-state index in [4.69, 9.17) is 140 Å². The molecule has 0 bridgehead atoms. The van der Waals surface area contributed by atoms with Gasteiger partial charge in [-0.3, -0.25) is 34.5 Å². The van der Waals surface area contributed by atoms with Crippen molar-refractivity contribution in [1.29, 1.82) is 0 Å². The summed E-state index contributed by atoms with van der Waals surface area (Å²) in [5.41, 5.74) is 16.5. The van der Waals surface area contributed by atoms with E-state index in [1.165, 1.54) is 0 Å². The van der Waals surface area contributed by atoms with Crippen molar-refractivity contribution in [3.63, 3.8) is 0 Å². The second-order valence-corrected chi connectivity index (χ2v) is 43.1. The number of hydrogen-bond donors (Lipinski definition) is 5. The smallest absolute Gasteiger partial charge is 0.337 e. The van der Waals surface area contributed by atoms with Gasteiger partial charge >= 0.3 is 17.9 Å². The highest BCUT2D eigenvalue weighted by atomic mass is 35.5. The summed E-state index contributed by atoms with van der Waals surface area (Å²) in [7, 11) is 0. The number of carboxylic acid groups (broad SMARTS) is 1. The molecule has 0 saturated carbocycles. The number of aliphatic hydroxyl groups is 4. The lowest BCUT2D eigenvalue weighted by Gasteiger charge is -2.31. The Morgan fingerprint density at radius 3 is 0.771 bits per heavy atom. The number of esters is 2. The number of nitrogens with zero attached hydrogens (tertiary/aromatic N) is 5. The van der Waals surface area contributed by atoms with E-state index in [2.05, 4.69) is 24.9 Å². The number of aromatic nitrogens is 5. The molecule has 5 atom stereocenters. The predicted octanol–water partition coefficient (Wildman–Crippen LogP) is 31.5. The lowest BCUT2D eigenvalue weighted by atomic mass is 9.91. The van der Waals surface area contributed by atoms with Crippen LogP contribution in [0, 0.1) is 45.4 Å². The highest BCUT2D eigenvalue weighted by Crippen LogP contribution is 2.49. The summed E-state index contributed by atoms with van der Waals surface area (Å²) in [5, 5.41) is 60.2. The summed E-state index contributed by atoms with van der Waals surface area (Å²) in [4.78, 5) is 59.8. The van der Waals surface area contributed by atoms with Gasteiger partial charge < -0.3 is 49.2 Å². The van der Waals surface area contributed by atoms with Crippen LogP contribution in [-0.2, 0) is 38.1 Å². The average molecular weight is 2090 g/mol. The highest BCUT2D eigenvalue weighted by Gasteiger charge is 2.36. The number of aliphatic hydroxyl groups excluding tert-OH is 4. The van der Waals surface area contributed by atoms with E-state index < -0.39 is 76.7 Å². The van der Waals surface area contributed by atoms with Crippen molar-refractivity contribution < 1.29 is 63.6 Å². The van der Waals surface area contributed by atoms with Gasteiger partial charge in [0.05, 0.1) is 68.4 Å². The Kier molecular flexibility index (Phi) is 37.0. The molecule has 5 heterocycles. The first-order valence-electron chi connectivity index (χ1n) is 45.1. The molecule has 28 heteroatoms. The molecule has 0 aliphatic carbocycles. The minimum atomic E-state index is -1.23. The van der Waals surface area contributed by atoms with E-state index in [-0.39, 0.29) is 25.8 Å². The molecule has 0 aliphatic heterocycles. The average Bonchev–Trinajstić information content (AvgIpc) is 0.766. The van der Waals surface area contributed by atoms with Gasteiger partial charge in [-0.1, -0.05) is 207 Å². The fourth-order valence-corrected chi connectivity index (χ4v) is 17.9. The van der Waals surface area contributed by atoms with Crippen molar-refractivity contribution in [2.45, 2.75) is 186 Å². The van der Waals surface area contributed by atoms with Crippen molar-refractivity contribution in [1.82, 2.24) is 24.9 Å². The SMILES string of the molecule is Cc1ccc2c(-c3ccc(Cl)cc3)c([C@@H](CO)OC(C)(C)C)c(Cl)cc2n1.Cc1ccc2c(-c3ccc(Cl)cc3)c([C@@H](COC(=O)C(C)(C)C)OC(C)(C)C)c(Cl)cc2n1.Cc1ccc2c(-c3ccc(Cl)cc3)c([C@H](O)CO)c(Cl)cc2n1.Cc1ccc2c(-c3ccc(Cl)cc3)c([C@H](O)COC(=O)C(C)(C)C)c(Cl)cc2n1.Cc1ccc2c(-c3ccc(Cl)cc3)c([C@H](OC(C)(C)C)C(=O)O)c(Cl)cc2n1. The summed E-state index contributed by atoms with van der Waals surface area (Å²) in [6, 6.07) is 65.3. The first-order chi connectivity index (χ1) is 65.6. The largest absolute Gasteiger partial charge is 0.479 e. The van der Waals surface area contributed by atoms with Crippen LogP contribution in [0.15, 0.2) is 212 Å². The van der Waals surface area contributed by atoms with Crippen LogP contribution in [0.1, 0.15) is 191 Å². The number of pyridine rings is 5. The second-order valence-electron chi connectivity index (χ2n) is 38.8. The Balaban J connectivity index is 0.000000168. The monoisotopic (exact) mass is 2090 g/mol. The number of carbonyl (C=O) groups is 3. The van der Waals surface area contributed by atoms with Gasteiger partial charge in [0.1, 0.15) is 37.6 Å². The minimum absolute atomic E-state index is 0.0402. The van der Waals surface area contributed by atoms with Crippen molar-refractivity contribution in [2.75, 3.05) is 26.4 Å². The van der Waals surface area contributed by atoms with E-state index in [9.17, 15) is 39.9 Å². The molecule has 0 spiro atoms. The molecule has 0 aliphatic rings. The molecule has 18 nitrogen and oxygen atoms in total. The first-order valence-corrected chi connectivity index (χ1v) is 48.9. The summed E-state index contributed by atoms with van der Waals surface area (Å²) in [6.07, 6.45) is -4.54. The number of carboxylic acids is 1. The zero-order valence-corrected chi connectivity index (χ0v) is 89.0. The molecule has 15 rings (SSSR count). The van der Waals surface area contributed by atoms with Crippen LogP contribution in [0.4, 0.5) is 0 Å². The molecule has 734 valence electrons. The first kappa shape index (κ1) is 111. The van der Waals surface area contributed by atoms with Gasteiger partial charge in [-0.25, -0.2) is 4.79 Å². The third-order valence-corrected chi connectivity index (χ3v) is 24.7. The van der Waals surface area contributed by atoms with Gasteiger partial charge in [-0.2, -0.15) is 0 Å². The Hall–Kier alpha value is -9.72. The normalized spacial score (nSPS) is 13.0. The fourth-order valence-electron chi connectivity index (χ4n) is 15.7. The van der Waals surface area contributed by atoms with Gasteiger partial charge in [0.15, 0.2) is 6.10 Å². The van der Waals surface area contributed by atoms with Crippen LogP contribution in [-0.4, -0.2) is 112 Å². The number of fused-ring (bicyclic) bond motifs is 5. The zero-order chi connectivity index (χ0) is 103. The molecule has 0 unspecified atom stereocenters. The Morgan fingerprint density at radius 1 is 0.293 bits per heavy atom. The molecule has 0 radical (unpaired) electrons. The third kappa shape index (κ3) is 28.4. The van der Waals surface area contributed by atoms with Crippen LogP contribution in [0.3, 0.4) is 0 Å². The maximum absolute atomic E-state index is 12.6. The minimum Gasteiger partial charge on any atom is -0.479 e. The van der Waals surface area contributed by atoms with E-state index >= 15 is 0 Å². The molecule has 5 N–H and O–H groups in total. The van der Waals surface area contributed by atoms with Crippen molar-refractivity contribution in [3.05, 3.63) is 319 Å². The van der Waals surface area contributed by atoms with Crippen molar-refractivity contribution in [3.8, 4) is 55.6 Å². The fraction of sp³-hybridized carbons (Fsp3) is 0.304. The van der Waals surface area contributed by atoms with Crippen molar-refractivity contribution in [2.24, 2.45) is 10.8 Å². The molecular weight excluding hydrogens is 1980 g/mol. The quantitative estimate of drug-likeness (QED) is 0.0444. The number of rotatable bonds is 20. The van der Waals surface area contributed by atoms with Crippen LogP contribution in [0.5, 0.6) is 0 Å². The molecule has 0 saturated heterocycles. The Morgan fingerprint density at radius 2 is 0.521 bits per heavy atom. The Labute approximate surface area is 867 Å². The number of aliphatic carboxylic acids is 1. The Bertz CT molecular complexity index is 7020. The van der Waals surface area contributed by atoms with Crippen LogP contribution < -0.4 is 0 Å². The third-order valence-electron chi connectivity index (χ3n) is 21.8. The van der Waals surface area contributed by atoms with Gasteiger partial charge in [-0.15, -0.1) is 0 Å². The molecule has 0 fully saturated rings. The molecule has 140 heavy (non-hydrogen) atoms. The van der Waals surface area contributed by atoms with E-state index in [1.54, 1.807) is 75.4 Å². The molecule has 5 aromatic heterocycles. The molecule has 15 aromatic rings. The van der Waals surface area contributed by atoms with Gasteiger partial charge in [0.25, 0.3) is 0 Å². The maximum Gasteiger partial charge on any atom is 0.337 e. The van der Waals surface area contributed by atoms with Crippen LogP contribution >= 0.6 is 116 Å². The summed E-state index contributed by atoms with van der Waals surface area (Å²) >= 11 is 63.5. The number of aryl methyl sites for hydroxylation is 5. The molecule has 10 aromatic carbocycles. The number of hydrogen-bond acceptors (Lipinski definition) is 17. The van der Waals surface area contributed by atoms with Crippen LogP contribution in [0.2, 0.25) is 50.2 Å². The second kappa shape index (κ2) is 46.8. The van der Waals surface area contributed by atoms with Gasteiger partial charge in [0.2, 0.25) is 0 Å². The number of benzene rings is 10. The van der Waals surface area contributed by atoms with E-state index in [0.717, 1.165) is 139 Å². The molecule has 0 amide bonds. The number of ether oxygens (including phenoxy) is 5. The van der Waals surface area contributed by atoms with Gasteiger partial charge in [-0.05, 0) is 315 Å². The van der Waals surface area contributed by atoms with Gasteiger partial charge in [0, 0.05) is 133 Å². The van der Waals surface area contributed by atoms with E-state index in [1.807, 2.05) is 275 Å². The lowest BCUT2D eigenvalue weighted by Crippen LogP contribution is -2.29.